The SMILES string of the molecule is N#Cc1cc(Cl)c(C(=O)N[C@@H](Cc2ccc(OCCCc3ccc4c(n3)NCCC4)cc2)C(=O)O)c(Cl)c1. The number of carboxylic acids is 1. The number of hydrogen-bond donors (Lipinski definition) is 3. The van der Waals surface area contributed by atoms with Crippen LogP contribution < -0.4 is 15.4 Å². The number of nitrogens with one attached hydrogen (secondary N) is 2. The van der Waals surface area contributed by atoms with Gasteiger partial charge in [-0.15, -0.1) is 0 Å². The molecule has 0 saturated heterocycles. The third-order valence-corrected chi connectivity index (χ3v) is 6.76. The van der Waals surface area contributed by atoms with E-state index in [0.29, 0.717) is 17.9 Å². The number of anilines is 1. The summed E-state index contributed by atoms with van der Waals surface area (Å²) in [5.74, 6) is -0.281. The molecule has 3 N–H and O–H groups in total. The Morgan fingerprint density at radius 3 is 2.58 bits per heavy atom. The third-order valence-electron chi connectivity index (χ3n) is 6.16. The van der Waals surface area contributed by atoms with Gasteiger partial charge >= 0.3 is 5.97 Å². The summed E-state index contributed by atoms with van der Waals surface area (Å²) in [5.41, 5.74) is 3.11. The van der Waals surface area contributed by atoms with Crippen LogP contribution in [0.1, 0.15) is 45.6 Å². The van der Waals surface area contributed by atoms with Crippen LogP contribution in [0.4, 0.5) is 5.82 Å². The second-order valence-electron chi connectivity index (χ2n) is 8.93. The Labute approximate surface area is 230 Å². The highest BCUT2D eigenvalue weighted by atomic mass is 35.5. The average Bonchev–Trinajstić information content (AvgIpc) is 2.91. The summed E-state index contributed by atoms with van der Waals surface area (Å²) in [6.07, 6.45) is 3.86. The standard InChI is InChI=1S/C28H26Cl2N4O4/c29-22-13-18(16-31)14-23(30)25(22)27(35)34-24(28(36)37)15-17-5-9-21(10-6-17)38-12-2-4-20-8-7-19-3-1-11-32-26(19)33-20/h5-10,13-14,24H,1-4,11-12,15H2,(H,32,33)(H,34,35)(H,36,37)/t24-/m0/s1. The van der Waals surface area contributed by atoms with Crippen LogP contribution in [0.5, 0.6) is 5.75 Å². The third kappa shape index (κ3) is 6.94. The molecule has 38 heavy (non-hydrogen) atoms. The smallest absolute Gasteiger partial charge is 0.326 e. The second kappa shape index (κ2) is 12.6. The molecule has 1 atom stereocenters. The van der Waals surface area contributed by atoms with Crippen LogP contribution in [-0.2, 0) is 24.1 Å². The van der Waals surface area contributed by atoms with Crippen molar-refractivity contribution in [1.82, 2.24) is 10.3 Å². The van der Waals surface area contributed by atoms with E-state index in [2.05, 4.69) is 22.8 Å². The average molecular weight is 553 g/mol. The van der Waals surface area contributed by atoms with E-state index in [-0.39, 0.29) is 27.6 Å². The van der Waals surface area contributed by atoms with E-state index < -0.39 is 17.9 Å². The van der Waals surface area contributed by atoms with Gasteiger partial charge in [-0.2, -0.15) is 5.26 Å². The molecule has 0 spiro atoms. The lowest BCUT2D eigenvalue weighted by atomic mass is 10.0. The van der Waals surface area contributed by atoms with Crippen LogP contribution in [0, 0.1) is 11.3 Å². The molecule has 1 aromatic heterocycles. The summed E-state index contributed by atoms with van der Waals surface area (Å²) < 4.78 is 5.83. The van der Waals surface area contributed by atoms with E-state index in [1.54, 1.807) is 24.3 Å². The first kappa shape index (κ1) is 27.2. The molecule has 1 aliphatic rings. The minimum absolute atomic E-state index is 0.0312. The number of rotatable bonds is 10. The molecule has 196 valence electrons. The minimum atomic E-state index is -1.21. The van der Waals surface area contributed by atoms with E-state index in [9.17, 15) is 14.7 Å². The van der Waals surface area contributed by atoms with Crippen molar-refractivity contribution in [3.8, 4) is 11.8 Å². The Balaban J connectivity index is 1.29. The number of carboxylic acid groups (broad SMARTS) is 1. The number of aryl methyl sites for hydroxylation is 2. The number of aliphatic carboxylic acids is 1. The number of benzene rings is 2. The fourth-order valence-corrected chi connectivity index (χ4v) is 4.85. The van der Waals surface area contributed by atoms with E-state index in [1.165, 1.54) is 17.7 Å². The summed E-state index contributed by atoms with van der Waals surface area (Å²) in [4.78, 5) is 29.2. The molecule has 0 bridgehead atoms. The maximum atomic E-state index is 12.7. The fraction of sp³-hybridized carbons (Fsp3) is 0.286. The molecular weight excluding hydrogens is 527 g/mol. The molecule has 10 heteroatoms. The largest absolute Gasteiger partial charge is 0.494 e. The lowest BCUT2D eigenvalue weighted by Gasteiger charge is -2.17. The molecule has 8 nitrogen and oxygen atoms in total. The molecular formula is C28H26Cl2N4O4. The minimum Gasteiger partial charge on any atom is -0.494 e. The summed E-state index contributed by atoms with van der Waals surface area (Å²) in [7, 11) is 0. The zero-order valence-corrected chi connectivity index (χ0v) is 22.0. The number of aromatic nitrogens is 1. The summed E-state index contributed by atoms with van der Waals surface area (Å²) in [6.45, 7) is 1.48. The highest BCUT2D eigenvalue weighted by Crippen LogP contribution is 2.27. The molecule has 0 fully saturated rings. The van der Waals surface area contributed by atoms with Gasteiger partial charge in [-0.25, -0.2) is 9.78 Å². The van der Waals surface area contributed by atoms with Crippen molar-refractivity contribution < 1.29 is 19.4 Å². The summed E-state index contributed by atoms with van der Waals surface area (Å²) in [5, 5.41) is 24.4. The first-order valence-corrected chi connectivity index (χ1v) is 13.0. The second-order valence-corrected chi connectivity index (χ2v) is 9.75. The lowest BCUT2D eigenvalue weighted by Crippen LogP contribution is -2.42. The molecule has 0 unspecified atom stereocenters. The molecule has 3 aromatic rings. The van der Waals surface area contributed by atoms with Crippen LogP contribution >= 0.6 is 23.2 Å². The number of amides is 1. The highest BCUT2D eigenvalue weighted by molar-refractivity contribution is 6.39. The van der Waals surface area contributed by atoms with Crippen molar-refractivity contribution in [3.63, 3.8) is 0 Å². The van der Waals surface area contributed by atoms with Gasteiger partial charge in [-0.3, -0.25) is 4.79 Å². The molecule has 2 aromatic carbocycles. The summed E-state index contributed by atoms with van der Waals surface area (Å²) >= 11 is 12.2. The summed E-state index contributed by atoms with van der Waals surface area (Å²) in [6, 6.07) is 14.6. The van der Waals surface area contributed by atoms with Crippen molar-refractivity contribution in [1.29, 1.82) is 5.26 Å². The van der Waals surface area contributed by atoms with Crippen LogP contribution in [0.3, 0.4) is 0 Å². The zero-order chi connectivity index (χ0) is 27.1. The van der Waals surface area contributed by atoms with Crippen LogP contribution in [-0.4, -0.2) is 41.2 Å². The van der Waals surface area contributed by atoms with E-state index in [1.807, 2.05) is 6.07 Å². The number of ether oxygens (including phenoxy) is 1. The van der Waals surface area contributed by atoms with Gasteiger partial charge in [-0.05, 0) is 67.1 Å². The lowest BCUT2D eigenvalue weighted by molar-refractivity contribution is -0.139. The molecule has 0 aliphatic carbocycles. The first-order chi connectivity index (χ1) is 18.3. The van der Waals surface area contributed by atoms with E-state index >= 15 is 0 Å². The Hall–Kier alpha value is -3.80. The van der Waals surface area contributed by atoms with Gasteiger partial charge in [-0.1, -0.05) is 41.4 Å². The number of carbonyl (C=O) groups is 2. The number of nitrogens with zero attached hydrogens (tertiary/aromatic N) is 2. The molecule has 0 saturated carbocycles. The predicted molar refractivity (Wildman–Crippen MR) is 145 cm³/mol. The number of pyridine rings is 1. The van der Waals surface area contributed by atoms with Crippen LogP contribution in [0.25, 0.3) is 0 Å². The first-order valence-electron chi connectivity index (χ1n) is 12.2. The number of fused-ring (bicyclic) bond motifs is 1. The number of hydrogen-bond acceptors (Lipinski definition) is 6. The predicted octanol–water partition coefficient (Wildman–Crippen LogP) is 5.06. The highest BCUT2D eigenvalue weighted by Gasteiger charge is 2.24. The number of carbonyl (C=O) groups excluding carboxylic acids is 1. The molecule has 0 radical (unpaired) electrons. The van der Waals surface area contributed by atoms with Gasteiger partial charge in [0.05, 0.1) is 33.8 Å². The Morgan fingerprint density at radius 2 is 1.89 bits per heavy atom. The topological polar surface area (TPSA) is 124 Å². The Morgan fingerprint density at radius 1 is 1.16 bits per heavy atom. The van der Waals surface area contributed by atoms with Gasteiger partial charge in [0.15, 0.2) is 0 Å². The van der Waals surface area contributed by atoms with Gasteiger partial charge in [0, 0.05) is 18.7 Å². The van der Waals surface area contributed by atoms with Crippen LogP contribution in [0.15, 0.2) is 48.5 Å². The molecule has 2 heterocycles. The van der Waals surface area contributed by atoms with E-state index in [4.69, 9.17) is 38.2 Å². The molecule has 1 amide bonds. The van der Waals surface area contributed by atoms with Crippen molar-refractivity contribution in [2.45, 2.75) is 38.1 Å². The van der Waals surface area contributed by atoms with Gasteiger partial charge in [0.25, 0.3) is 5.91 Å². The van der Waals surface area contributed by atoms with Crippen molar-refractivity contribution in [2.24, 2.45) is 0 Å². The zero-order valence-electron chi connectivity index (χ0n) is 20.5. The Bertz CT molecular complexity index is 1350. The maximum absolute atomic E-state index is 12.7. The van der Waals surface area contributed by atoms with Crippen molar-refractivity contribution >= 4 is 40.9 Å². The monoisotopic (exact) mass is 552 g/mol. The van der Waals surface area contributed by atoms with Crippen molar-refractivity contribution in [2.75, 3.05) is 18.5 Å². The van der Waals surface area contributed by atoms with Gasteiger partial charge < -0.3 is 20.5 Å². The van der Waals surface area contributed by atoms with Gasteiger partial charge in [0.1, 0.15) is 17.6 Å². The van der Waals surface area contributed by atoms with Crippen molar-refractivity contribution in [3.05, 3.63) is 86.5 Å². The number of nitriles is 1. The Kier molecular flexibility index (Phi) is 9.06. The maximum Gasteiger partial charge on any atom is 0.326 e. The van der Waals surface area contributed by atoms with Crippen LogP contribution in [0.2, 0.25) is 10.0 Å². The molecule has 1 aliphatic heterocycles. The molecule has 4 rings (SSSR count). The normalized spacial score (nSPS) is 13.0. The van der Waals surface area contributed by atoms with E-state index in [0.717, 1.165) is 43.7 Å². The van der Waals surface area contributed by atoms with Gasteiger partial charge in [0.2, 0.25) is 0 Å². The quantitative estimate of drug-likeness (QED) is 0.300. The fourth-order valence-electron chi connectivity index (χ4n) is 4.19. The number of halogens is 2.